The van der Waals surface area contributed by atoms with Gasteiger partial charge in [-0.1, -0.05) is 34.1 Å². The highest BCUT2D eigenvalue weighted by atomic mass is 79.9. The summed E-state index contributed by atoms with van der Waals surface area (Å²) in [5, 5.41) is 8.69. The Labute approximate surface area is 113 Å². The van der Waals surface area contributed by atoms with Crippen molar-refractivity contribution in [3.8, 4) is 11.4 Å². The Morgan fingerprint density at radius 1 is 1.44 bits per heavy atom. The lowest BCUT2D eigenvalue weighted by Gasteiger charge is -1.99. The number of imidazole rings is 1. The van der Waals surface area contributed by atoms with E-state index in [-0.39, 0.29) is 6.42 Å². The quantitative estimate of drug-likeness (QED) is 0.911. The van der Waals surface area contributed by atoms with Crippen LogP contribution in [0.2, 0.25) is 0 Å². The molecule has 0 saturated heterocycles. The number of H-pyrrole nitrogens is 1. The molecule has 0 unspecified atom stereocenters. The average Bonchev–Trinajstić information content (AvgIpc) is 2.68. The van der Waals surface area contributed by atoms with Gasteiger partial charge in [0.1, 0.15) is 5.82 Å². The average molecular weight is 309 g/mol. The maximum absolute atomic E-state index is 10.6. The highest BCUT2D eigenvalue weighted by molar-refractivity contribution is 9.10. The van der Waals surface area contributed by atoms with Gasteiger partial charge in [0.05, 0.1) is 12.1 Å². The molecule has 0 aliphatic rings. The number of hydrogen-bond donors (Lipinski definition) is 2. The zero-order chi connectivity index (χ0) is 13.1. The molecule has 2 N–H and O–H groups in total. The fourth-order valence-electron chi connectivity index (χ4n) is 1.75. The summed E-state index contributed by atoms with van der Waals surface area (Å²) in [5.74, 6) is -0.0415. The molecule has 2 rings (SSSR count). The third kappa shape index (κ3) is 2.79. The molecule has 94 valence electrons. The van der Waals surface area contributed by atoms with Crippen LogP contribution in [0.4, 0.5) is 0 Å². The van der Waals surface area contributed by atoms with Crippen molar-refractivity contribution in [3.63, 3.8) is 0 Å². The number of benzene rings is 1. The Morgan fingerprint density at radius 2 is 2.17 bits per heavy atom. The van der Waals surface area contributed by atoms with Crippen molar-refractivity contribution < 1.29 is 9.90 Å². The molecule has 0 amide bonds. The molecule has 0 atom stereocenters. The summed E-state index contributed by atoms with van der Waals surface area (Å²) in [4.78, 5) is 18.2. The molecule has 0 spiro atoms. The topological polar surface area (TPSA) is 66.0 Å². The molecular formula is C13H13BrN2O2. The molecule has 0 radical (unpaired) electrons. The number of hydrogen-bond acceptors (Lipinski definition) is 2. The zero-order valence-corrected chi connectivity index (χ0v) is 11.5. The Balaban J connectivity index is 2.29. The van der Waals surface area contributed by atoms with E-state index in [2.05, 4.69) is 25.9 Å². The van der Waals surface area contributed by atoms with Gasteiger partial charge in [0.25, 0.3) is 0 Å². The van der Waals surface area contributed by atoms with Crippen LogP contribution in [0.15, 0.2) is 28.7 Å². The molecule has 18 heavy (non-hydrogen) atoms. The molecule has 1 heterocycles. The number of rotatable bonds is 4. The Hall–Kier alpha value is -1.62. The molecule has 0 bridgehead atoms. The summed E-state index contributed by atoms with van der Waals surface area (Å²) >= 11 is 3.47. The first-order valence-electron chi connectivity index (χ1n) is 5.60. The standard InChI is InChI=1S/C13H13BrN2O2/c1-8-11(6-7-12(17)18)16-13(15-8)9-4-2-3-5-10(9)14/h2-5H,6-7H2,1H3,(H,15,16)(H,17,18). The molecular weight excluding hydrogens is 296 g/mol. The first-order valence-corrected chi connectivity index (χ1v) is 6.39. The van der Waals surface area contributed by atoms with Crippen LogP contribution in [0, 0.1) is 6.92 Å². The Kier molecular flexibility index (Phi) is 3.81. The van der Waals surface area contributed by atoms with Gasteiger partial charge >= 0.3 is 5.97 Å². The lowest BCUT2D eigenvalue weighted by molar-refractivity contribution is -0.136. The van der Waals surface area contributed by atoms with Crippen molar-refractivity contribution in [1.29, 1.82) is 0 Å². The molecule has 1 aromatic heterocycles. The van der Waals surface area contributed by atoms with Crippen LogP contribution in [-0.4, -0.2) is 21.0 Å². The maximum Gasteiger partial charge on any atom is 0.303 e. The van der Waals surface area contributed by atoms with E-state index in [0.717, 1.165) is 27.2 Å². The molecule has 5 heteroatoms. The van der Waals surface area contributed by atoms with Crippen molar-refractivity contribution >= 4 is 21.9 Å². The summed E-state index contributed by atoms with van der Waals surface area (Å²) in [6, 6.07) is 7.79. The largest absolute Gasteiger partial charge is 0.481 e. The fourth-order valence-corrected chi connectivity index (χ4v) is 2.22. The van der Waals surface area contributed by atoms with Crippen molar-refractivity contribution in [2.45, 2.75) is 19.8 Å². The van der Waals surface area contributed by atoms with E-state index in [0.29, 0.717) is 6.42 Å². The fraction of sp³-hybridized carbons (Fsp3) is 0.231. The van der Waals surface area contributed by atoms with Gasteiger partial charge in [-0.05, 0) is 13.0 Å². The second-order valence-corrected chi connectivity index (χ2v) is 4.89. The minimum Gasteiger partial charge on any atom is -0.481 e. The number of carboxylic acids is 1. The third-order valence-electron chi connectivity index (χ3n) is 2.69. The minimum absolute atomic E-state index is 0.0983. The van der Waals surface area contributed by atoms with Crippen molar-refractivity contribution in [3.05, 3.63) is 40.1 Å². The summed E-state index contributed by atoms with van der Waals surface area (Å²) in [6.45, 7) is 1.91. The Bertz CT molecular complexity index is 578. The van der Waals surface area contributed by atoms with E-state index in [1.54, 1.807) is 0 Å². The van der Waals surface area contributed by atoms with Crippen LogP contribution in [-0.2, 0) is 11.2 Å². The van der Waals surface area contributed by atoms with Gasteiger partial charge in [-0.3, -0.25) is 4.79 Å². The number of aryl methyl sites for hydroxylation is 2. The van der Waals surface area contributed by atoms with Gasteiger partial charge < -0.3 is 10.1 Å². The number of nitrogens with one attached hydrogen (secondary N) is 1. The van der Waals surface area contributed by atoms with Crippen LogP contribution in [0.3, 0.4) is 0 Å². The lowest BCUT2D eigenvalue weighted by Crippen LogP contribution is -1.98. The second-order valence-electron chi connectivity index (χ2n) is 4.03. The SMILES string of the molecule is Cc1[nH]c(-c2ccccc2Br)nc1CCC(=O)O. The van der Waals surface area contributed by atoms with Crippen molar-refractivity contribution in [2.75, 3.05) is 0 Å². The van der Waals surface area contributed by atoms with Crippen LogP contribution in [0.25, 0.3) is 11.4 Å². The highest BCUT2D eigenvalue weighted by Crippen LogP contribution is 2.26. The van der Waals surface area contributed by atoms with Crippen LogP contribution < -0.4 is 0 Å². The predicted molar refractivity (Wildman–Crippen MR) is 72.4 cm³/mol. The van der Waals surface area contributed by atoms with Crippen molar-refractivity contribution in [2.24, 2.45) is 0 Å². The molecule has 0 saturated carbocycles. The first kappa shape index (κ1) is 12.8. The number of halogens is 1. The van der Waals surface area contributed by atoms with E-state index < -0.39 is 5.97 Å². The summed E-state index contributed by atoms with van der Waals surface area (Å²) in [7, 11) is 0. The van der Waals surface area contributed by atoms with Gasteiger partial charge in [-0.2, -0.15) is 0 Å². The number of carboxylic acid groups (broad SMARTS) is 1. The lowest BCUT2D eigenvalue weighted by atomic mass is 10.2. The minimum atomic E-state index is -0.806. The molecule has 0 aliphatic heterocycles. The number of nitrogens with zero attached hydrogens (tertiary/aromatic N) is 1. The second kappa shape index (κ2) is 5.35. The van der Waals surface area contributed by atoms with Crippen LogP contribution in [0.5, 0.6) is 0 Å². The molecule has 1 aromatic carbocycles. The predicted octanol–water partition coefficient (Wildman–Crippen LogP) is 3.16. The number of aliphatic carboxylic acids is 1. The summed E-state index contributed by atoms with van der Waals surface area (Å²) < 4.78 is 0.962. The maximum atomic E-state index is 10.6. The van der Waals surface area contributed by atoms with Gasteiger partial charge in [-0.25, -0.2) is 4.98 Å². The van der Waals surface area contributed by atoms with E-state index in [1.807, 2.05) is 31.2 Å². The zero-order valence-electron chi connectivity index (χ0n) is 9.90. The molecule has 2 aromatic rings. The molecule has 4 nitrogen and oxygen atoms in total. The smallest absolute Gasteiger partial charge is 0.303 e. The first-order chi connectivity index (χ1) is 8.58. The van der Waals surface area contributed by atoms with Crippen LogP contribution in [0.1, 0.15) is 17.8 Å². The van der Waals surface area contributed by atoms with E-state index >= 15 is 0 Å². The van der Waals surface area contributed by atoms with Gasteiger partial charge in [0.15, 0.2) is 0 Å². The van der Waals surface area contributed by atoms with Gasteiger partial charge in [0.2, 0.25) is 0 Å². The number of aromatic nitrogens is 2. The van der Waals surface area contributed by atoms with Crippen molar-refractivity contribution in [1.82, 2.24) is 9.97 Å². The van der Waals surface area contributed by atoms with Crippen LogP contribution >= 0.6 is 15.9 Å². The number of carbonyl (C=O) groups is 1. The summed E-state index contributed by atoms with van der Waals surface area (Å²) in [5.41, 5.74) is 2.70. The van der Waals surface area contributed by atoms with E-state index in [9.17, 15) is 4.79 Å². The highest BCUT2D eigenvalue weighted by Gasteiger charge is 2.11. The molecule has 0 aliphatic carbocycles. The summed E-state index contributed by atoms with van der Waals surface area (Å²) in [6.07, 6.45) is 0.545. The molecule has 0 fully saturated rings. The van der Waals surface area contributed by atoms with E-state index in [4.69, 9.17) is 5.11 Å². The van der Waals surface area contributed by atoms with Gasteiger partial charge in [-0.15, -0.1) is 0 Å². The third-order valence-corrected chi connectivity index (χ3v) is 3.38. The monoisotopic (exact) mass is 308 g/mol. The van der Waals surface area contributed by atoms with Gasteiger partial charge in [0, 0.05) is 22.2 Å². The Morgan fingerprint density at radius 3 is 2.83 bits per heavy atom. The van der Waals surface area contributed by atoms with E-state index in [1.165, 1.54) is 0 Å². The normalized spacial score (nSPS) is 10.6. The number of aromatic amines is 1.